The minimum Gasteiger partial charge on any atom is -0.337 e. The highest BCUT2D eigenvalue weighted by Crippen LogP contribution is 1.98. The second kappa shape index (κ2) is 5.32. The van der Waals surface area contributed by atoms with Crippen LogP contribution in [0.1, 0.15) is 26.2 Å². The molecule has 1 aromatic heterocycles. The molecule has 4 heteroatoms. The second-order valence-corrected chi connectivity index (χ2v) is 3.16. The van der Waals surface area contributed by atoms with Crippen molar-refractivity contribution in [2.75, 3.05) is 0 Å². The number of rotatable bonds is 6. The molecular weight excluding hydrogens is 178 g/mol. The van der Waals surface area contributed by atoms with E-state index in [0.29, 0.717) is 12.8 Å². The SMILES string of the molecule is CCC(=O)C(=N)CCCn1ccnc1. The van der Waals surface area contributed by atoms with E-state index in [9.17, 15) is 4.79 Å². The van der Waals surface area contributed by atoms with Crippen molar-refractivity contribution in [1.82, 2.24) is 9.55 Å². The van der Waals surface area contributed by atoms with Crippen LogP contribution >= 0.6 is 0 Å². The first-order valence-corrected chi connectivity index (χ1v) is 4.80. The average molecular weight is 193 g/mol. The van der Waals surface area contributed by atoms with Gasteiger partial charge in [-0.05, 0) is 12.8 Å². The summed E-state index contributed by atoms with van der Waals surface area (Å²) in [4.78, 5) is 15.0. The summed E-state index contributed by atoms with van der Waals surface area (Å²) in [6, 6.07) is 0. The molecule has 1 N–H and O–H groups in total. The van der Waals surface area contributed by atoms with Crippen molar-refractivity contribution in [3.8, 4) is 0 Å². The lowest BCUT2D eigenvalue weighted by Crippen LogP contribution is -2.12. The van der Waals surface area contributed by atoms with Crippen LogP contribution in [0.15, 0.2) is 18.7 Å². The Bertz CT molecular complexity index is 303. The molecule has 0 aliphatic rings. The highest BCUT2D eigenvalue weighted by molar-refractivity contribution is 6.38. The maximum atomic E-state index is 11.1. The van der Waals surface area contributed by atoms with Crippen LogP contribution in [0.25, 0.3) is 0 Å². The number of nitrogens with one attached hydrogen (secondary N) is 1. The Morgan fingerprint density at radius 2 is 2.36 bits per heavy atom. The predicted octanol–water partition coefficient (Wildman–Crippen LogP) is 1.66. The third-order valence-electron chi connectivity index (χ3n) is 2.06. The van der Waals surface area contributed by atoms with Gasteiger partial charge in [0, 0.05) is 25.4 Å². The topological polar surface area (TPSA) is 58.7 Å². The third-order valence-corrected chi connectivity index (χ3v) is 2.06. The third kappa shape index (κ3) is 3.12. The fourth-order valence-electron chi connectivity index (χ4n) is 1.21. The number of hydrogen-bond acceptors (Lipinski definition) is 3. The molecule has 1 heterocycles. The van der Waals surface area contributed by atoms with Crippen molar-refractivity contribution in [2.45, 2.75) is 32.7 Å². The number of aryl methyl sites for hydroxylation is 1. The molecule has 0 spiro atoms. The van der Waals surface area contributed by atoms with E-state index in [4.69, 9.17) is 5.41 Å². The quantitative estimate of drug-likeness (QED) is 0.698. The minimum absolute atomic E-state index is 0.0457. The molecule has 0 bridgehead atoms. The highest BCUT2D eigenvalue weighted by atomic mass is 16.1. The maximum absolute atomic E-state index is 11.1. The maximum Gasteiger partial charge on any atom is 0.176 e. The molecule has 0 amide bonds. The number of Topliss-reactive ketones (excluding diaryl/α,β-unsaturated/α-hetero) is 1. The zero-order chi connectivity index (χ0) is 10.4. The number of carbonyl (C=O) groups is 1. The van der Waals surface area contributed by atoms with Crippen LogP contribution in [0.5, 0.6) is 0 Å². The summed E-state index contributed by atoms with van der Waals surface area (Å²) < 4.78 is 1.95. The Morgan fingerprint density at radius 1 is 1.57 bits per heavy atom. The summed E-state index contributed by atoms with van der Waals surface area (Å²) in [7, 11) is 0. The van der Waals surface area contributed by atoms with Crippen molar-refractivity contribution in [3.05, 3.63) is 18.7 Å². The average Bonchev–Trinajstić information content (AvgIpc) is 2.69. The Morgan fingerprint density at radius 3 is 2.93 bits per heavy atom. The number of ketones is 1. The Balaban J connectivity index is 2.22. The van der Waals surface area contributed by atoms with E-state index in [1.807, 2.05) is 10.8 Å². The van der Waals surface area contributed by atoms with Gasteiger partial charge in [0.05, 0.1) is 12.0 Å². The molecule has 0 fully saturated rings. The van der Waals surface area contributed by atoms with Gasteiger partial charge in [0.15, 0.2) is 5.78 Å². The van der Waals surface area contributed by atoms with Crippen molar-refractivity contribution < 1.29 is 4.79 Å². The van der Waals surface area contributed by atoms with Gasteiger partial charge in [-0.3, -0.25) is 4.79 Å². The van der Waals surface area contributed by atoms with Crippen LogP contribution in [0, 0.1) is 5.41 Å². The van der Waals surface area contributed by atoms with E-state index in [-0.39, 0.29) is 11.5 Å². The zero-order valence-corrected chi connectivity index (χ0v) is 8.36. The zero-order valence-electron chi connectivity index (χ0n) is 8.36. The molecule has 0 saturated carbocycles. The van der Waals surface area contributed by atoms with Crippen LogP contribution in [-0.2, 0) is 11.3 Å². The highest BCUT2D eigenvalue weighted by Gasteiger charge is 2.05. The number of carbonyl (C=O) groups excluding carboxylic acids is 1. The molecule has 0 saturated heterocycles. The molecule has 0 atom stereocenters. The molecule has 0 aromatic carbocycles. The summed E-state index contributed by atoms with van der Waals surface area (Å²) >= 11 is 0. The summed E-state index contributed by atoms with van der Waals surface area (Å²) in [5.41, 5.74) is 0.243. The van der Waals surface area contributed by atoms with Crippen LogP contribution in [0.2, 0.25) is 0 Å². The van der Waals surface area contributed by atoms with Gasteiger partial charge in [-0.25, -0.2) is 4.98 Å². The Kier molecular flexibility index (Phi) is 4.04. The Labute approximate surface area is 83.5 Å². The van der Waals surface area contributed by atoms with E-state index in [1.54, 1.807) is 19.4 Å². The summed E-state index contributed by atoms with van der Waals surface area (Å²) in [6.45, 7) is 2.60. The smallest absolute Gasteiger partial charge is 0.176 e. The van der Waals surface area contributed by atoms with Crippen molar-refractivity contribution in [1.29, 1.82) is 5.41 Å². The van der Waals surface area contributed by atoms with Crippen LogP contribution < -0.4 is 0 Å². The molecule has 0 aliphatic carbocycles. The van der Waals surface area contributed by atoms with Gasteiger partial charge < -0.3 is 9.98 Å². The van der Waals surface area contributed by atoms with E-state index in [1.165, 1.54) is 0 Å². The fourth-order valence-corrected chi connectivity index (χ4v) is 1.21. The predicted molar refractivity (Wildman–Crippen MR) is 54.5 cm³/mol. The van der Waals surface area contributed by atoms with Gasteiger partial charge in [0.2, 0.25) is 0 Å². The molecule has 1 rings (SSSR count). The lowest BCUT2D eigenvalue weighted by Gasteiger charge is -2.02. The van der Waals surface area contributed by atoms with Gasteiger partial charge in [-0.1, -0.05) is 6.92 Å². The van der Waals surface area contributed by atoms with E-state index < -0.39 is 0 Å². The van der Waals surface area contributed by atoms with Gasteiger partial charge in [-0.15, -0.1) is 0 Å². The number of nitrogens with zero attached hydrogens (tertiary/aromatic N) is 2. The first-order chi connectivity index (χ1) is 6.74. The van der Waals surface area contributed by atoms with Gasteiger partial charge >= 0.3 is 0 Å². The van der Waals surface area contributed by atoms with Gasteiger partial charge in [0.1, 0.15) is 0 Å². The van der Waals surface area contributed by atoms with E-state index in [0.717, 1.165) is 13.0 Å². The number of imidazole rings is 1. The summed E-state index contributed by atoms with van der Waals surface area (Å²) in [5.74, 6) is -0.0457. The number of hydrogen-bond donors (Lipinski definition) is 1. The molecule has 4 nitrogen and oxygen atoms in total. The lowest BCUT2D eigenvalue weighted by molar-refractivity contribution is -0.112. The van der Waals surface area contributed by atoms with Crippen molar-refractivity contribution >= 4 is 11.5 Å². The molecule has 1 aromatic rings. The van der Waals surface area contributed by atoms with Crippen LogP contribution in [0.3, 0.4) is 0 Å². The van der Waals surface area contributed by atoms with Crippen LogP contribution in [0.4, 0.5) is 0 Å². The lowest BCUT2D eigenvalue weighted by atomic mass is 10.1. The first-order valence-electron chi connectivity index (χ1n) is 4.80. The largest absolute Gasteiger partial charge is 0.337 e. The summed E-state index contributed by atoms with van der Waals surface area (Å²) in [6.07, 6.45) is 7.16. The van der Waals surface area contributed by atoms with Crippen LogP contribution in [-0.4, -0.2) is 21.0 Å². The standard InChI is InChI=1S/C10H15N3O/c1-2-10(14)9(11)4-3-6-13-7-5-12-8-13/h5,7-8,11H,2-4,6H2,1H3. The number of aromatic nitrogens is 2. The molecule has 0 aliphatic heterocycles. The normalized spacial score (nSPS) is 10.1. The Hall–Kier alpha value is -1.45. The molecule has 0 unspecified atom stereocenters. The first kappa shape index (κ1) is 10.6. The molecule has 14 heavy (non-hydrogen) atoms. The van der Waals surface area contributed by atoms with Gasteiger partial charge in [0.25, 0.3) is 0 Å². The second-order valence-electron chi connectivity index (χ2n) is 3.16. The summed E-state index contributed by atoms with van der Waals surface area (Å²) in [5, 5.41) is 7.45. The van der Waals surface area contributed by atoms with Gasteiger partial charge in [-0.2, -0.15) is 0 Å². The monoisotopic (exact) mass is 193 g/mol. The van der Waals surface area contributed by atoms with Crippen molar-refractivity contribution in [2.24, 2.45) is 0 Å². The minimum atomic E-state index is -0.0457. The van der Waals surface area contributed by atoms with Crippen molar-refractivity contribution in [3.63, 3.8) is 0 Å². The van der Waals surface area contributed by atoms with E-state index >= 15 is 0 Å². The van der Waals surface area contributed by atoms with E-state index in [2.05, 4.69) is 4.98 Å². The molecular formula is C10H15N3O. The fraction of sp³-hybridized carbons (Fsp3) is 0.500. The molecule has 76 valence electrons. The molecule has 0 radical (unpaired) electrons.